The molecule has 2 nitrogen and oxygen atoms in total. The Morgan fingerprint density at radius 1 is 1.23 bits per heavy atom. The number of rotatable bonds is 6. The van der Waals surface area contributed by atoms with E-state index < -0.39 is 0 Å². The maximum absolute atomic E-state index is 11.0. The second-order valence-electron chi connectivity index (χ2n) is 2.87. The first-order valence-corrected chi connectivity index (χ1v) is 4.97. The van der Waals surface area contributed by atoms with E-state index in [0.717, 1.165) is 18.5 Å². The molecule has 0 bridgehead atoms. The Morgan fingerprint density at radius 3 is 2.38 bits per heavy atom. The van der Waals surface area contributed by atoms with Gasteiger partial charge in [0.2, 0.25) is 0 Å². The number of aliphatic imine (C=N–C) groups is 1. The third kappa shape index (κ3) is 6.26. The fraction of sp³-hybridized carbons (Fsp3) is 0.636. The summed E-state index contributed by atoms with van der Waals surface area (Å²) in [6.07, 6.45) is 6.79. The van der Waals surface area contributed by atoms with E-state index >= 15 is 0 Å². The van der Waals surface area contributed by atoms with Gasteiger partial charge >= 0.3 is 0 Å². The van der Waals surface area contributed by atoms with Crippen LogP contribution in [0.15, 0.2) is 16.8 Å². The van der Waals surface area contributed by atoms with E-state index in [1.54, 1.807) is 0 Å². The fourth-order valence-corrected chi connectivity index (χ4v) is 0.873. The van der Waals surface area contributed by atoms with E-state index in [1.807, 2.05) is 26.1 Å². The van der Waals surface area contributed by atoms with Crippen LogP contribution in [0.4, 0.5) is 0 Å². The van der Waals surface area contributed by atoms with Crippen molar-refractivity contribution in [3.8, 4) is 0 Å². The summed E-state index contributed by atoms with van der Waals surface area (Å²) in [4.78, 5) is 15.3. The number of hydrogen-bond acceptors (Lipinski definition) is 2. The normalized spacial score (nSPS) is 12.4. The van der Waals surface area contributed by atoms with Gasteiger partial charge in [-0.05, 0) is 12.8 Å². The van der Waals surface area contributed by atoms with Crippen molar-refractivity contribution in [2.24, 2.45) is 4.99 Å². The largest absolute Gasteiger partial charge is 0.299 e. The van der Waals surface area contributed by atoms with Gasteiger partial charge in [0, 0.05) is 24.8 Å². The van der Waals surface area contributed by atoms with Gasteiger partial charge in [-0.15, -0.1) is 0 Å². The van der Waals surface area contributed by atoms with Crippen molar-refractivity contribution in [1.29, 1.82) is 0 Å². The molecule has 0 spiro atoms. The molecule has 0 atom stereocenters. The third-order valence-electron chi connectivity index (χ3n) is 1.76. The van der Waals surface area contributed by atoms with Crippen molar-refractivity contribution in [2.45, 2.75) is 46.5 Å². The molecule has 0 radical (unpaired) electrons. The molecule has 0 saturated carbocycles. The van der Waals surface area contributed by atoms with Gasteiger partial charge in [0.25, 0.3) is 0 Å². The number of allylic oxidation sites excluding steroid dienone is 2. The molecule has 0 unspecified atom stereocenters. The highest BCUT2D eigenvalue weighted by atomic mass is 16.1. The van der Waals surface area contributed by atoms with E-state index in [4.69, 9.17) is 0 Å². The van der Waals surface area contributed by atoms with Gasteiger partial charge in [0.05, 0.1) is 0 Å². The van der Waals surface area contributed by atoms with Crippen LogP contribution in [0.2, 0.25) is 0 Å². The van der Waals surface area contributed by atoms with Crippen LogP contribution in [0.25, 0.3) is 0 Å². The lowest BCUT2D eigenvalue weighted by molar-refractivity contribution is -0.117. The van der Waals surface area contributed by atoms with Gasteiger partial charge in [0.1, 0.15) is 5.78 Å². The van der Waals surface area contributed by atoms with Crippen molar-refractivity contribution in [3.05, 3.63) is 11.8 Å². The highest BCUT2D eigenvalue weighted by molar-refractivity contribution is 5.79. The highest BCUT2D eigenvalue weighted by Gasteiger charge is 1.95. The van der Waals surface area contributed by atoms with Crippen LogP contribution in [0, 0.1) is 0 Å². The van der Waals surface area contributed by atoms with Gasteiger partial charge in [0.15, 0.2) is 0 Å². The standard InChI is InChI=1S/C11H19NO/c1-4-9-12-10(5-2)7-8-11(13)6-3/h7,9H,4-6,8H2,1-3H3/b10-7-,12-9?. The predicted molar refractivity (Wildman–Crippen MR) is 57.1 cm³/mol. The maximum atomic E-state index is 11.0. The molecule has 0 heterocycles. The number of carbonyl (C=O) groups is 1. The van der Waals surface area contributed by atoms with Crippen molar-refractivity contribution in [3.63, 3.8) is 0 Å². The summed E-state index contributed by atoms with van der Waals surface area (Å²) in [6.45, 7) is 5.99. The lowest BCUT2D eigenvalue weighted by Crippen LogP contribution is -1.92. The molecule has 0 amide bonds. The van der Waals surface area contributed by atoms with Crippen molar-refractivity contribution in [2.75, 3.05) is 0 Å². The molecular formula is C11H19NO. The quantitative estimate of drug-likeness (QED) is 0.579. The number of hydrogen-bond donors (Lipinski definition) is 0. The van der Waals surface area contributed by atoms with Crippen LogP contribution in [-0.4, -0.2) is 12.0 Å². The molecule has 0 aliphatic rings. The Balaban J connectivity index is 4.06. The Hall–Kier alpha value is -0.920. The molecule has 0 aromatic heterocycles. The van der Waals surface area contributed by atoms with Gasteiger partial charge < -0.3 is 0 Å². The van der Waals surface area contributed by atoms with Crippen LogP contribution in [0.5, 0.6) is 0 Å². The minimum absolute atomic E-state index is 0.276. The molecule has 0 aromatic rings. The molecule has 0 aliphatic heterocycles. The summed E-state index contributed by atoms with van der Waals surface area (Å²) in [5, 5.41) is 0. The van der Waals surface area contributed by atoms with Crippen LogP contribution in [-0.2, 0) is 4.79 Å². The van der Waals surface area contributed by atoms with Crippen LogP contribution >= 0.6 is 0 Å². The molecule has 0 N–H and O–H groups in total. The Morgan fingerprint density at radius 2 is 1.92 bits per heavy atom. The first kappa shape index (κ1) is 12.1. The Bertz CT molecular complexity index is 204. The molecule has 0 fully saturated rings. The second kappa shape index (κ2) is 7.71. The monoisotopic (exact) mass is 181 g/mol. The molecule has 0 rings (SSSR count). The van der Waals surface area contributed by atoms with E-state index in [-0.39, 0.29) is 5.78 Å². The topological polar surface area (TPSA) is 29.4 Å². The second-order valence-corrected chi connectivity index (χ2v) is 2.87. The zero-order valence-electron chi connectivity index (χ0n) is 8.84. The minimum atomic E-state index is 0.276. The lowest BCUT2D eigenvalue weighted by Gasteiger charge is -1.96. The molecule has 13 heavy (non-hydrogen) atoms. The minimum Gasteiger partial charge on any atom is -0.299 e. The third-order valence-corrected chi connectivity index (χ3v) is 1.76. The van der Waals surface area contributed by atoms with Crippen molar-refractivity contribution < 1.29 is 4.79 Å². The zero-order valence-corrected chi connectivity index (χ0v) is 8.84. The number of ketones is 1. The first-order chi connectivity index (χ1) is 6.24. The van der Waals surface area contributed by atoms with E-state index in [9.17, 15) is 4.79 Å². The van der Waals surface area contributed by atoms with Crippen LogP contribution < -0.4 is 0 Å². The SMILES string of the molecule is CCC=N/C(=C\CC(=O)CC)CC. The van der Waals surface area contributed by atoms with Gasteiger partial charge in [-0.3, -0.25) is 9.79 Å². The molecular weight excluding hydrogens is 162 g/mol. The maximum Gasteiger partial charge on any atom is 0.136 e. The number of nitrogens with zero attached hydrogens (tertiary/aromatic N) is 1. The summed E-state index contributed by atoms with van der Waals surface area (Å²) >= 11 is 0. The fourth-order valence-electron chi connectivity index (χ4n) is 0.873. The summed E-state index contributed by atoms with van der Waals surface area (Å²) in [5.41, 5.74) is 1.02. The van der Waals surface area contributed by atoms with Crippen LogP contribution in [0.1, 0.15) is 46.5 Å². The van der Waals surface area contributed by atoms with Crippen molar-refractivity contribution in [1.82, 2.24) is 0 Å². The molecule has 0 aliphatic carbocycles. The molecule has 0 aromatic carbocycles. The lowest BCUT2D eigenvalue weighted by atomic mass is 10.2. The Labute approximate surface area is 80.8 Å². The average molecular weight is 181 g/mol. The van der Waals surface area contributed by atoms with Gasteiger partial charge in [-0.25, -0.2) is 0 Å². The van der Waals surface area contributed by atoms with E-state index in [2.05, 4.69) is 11.9 Å². The zero-order chi connectivity index (χ0) is 10.1. The van der Waals surface area contributed by atoms with Crippen LogP contribution in [0.3, 0.4) is 0 Å². The number of Topliss-reactive ketones (excluding diaryl/α,β-unsaturated/α-hetero) is 1. The first-order valence-electron chi connectivity index (χ1n) is 4.97. The average Bonchev–Trinajstić information content (AvgIpc) is 2.17. The summed E-state index contributed by atoms with van der Waals surface area (Å²) in [7, 11) is 0. The highest BCUT2D eigenvalue weighted by Crippen LogP contribution is 2.04. The van der Waals surface area contributed by atoms with E-state index in [0.29, 0.717) is 12.8 Å². The Kier molecular flexibility index (Phi) is 7.17. The van der Waals surface area contributed by atoms with Gasteiger partial charge in [-0.1, -0.05) is 26.8 Å². The van der Waals surface area contributed by atoms with Gasteiger partial charge in [-0.2, -0.15) is 0 Å². The van der Waals surface area contributed by atoms with E-state index in [1.165, 1.54) is 0 Å². The smallest absolute Gasteiger partial charge is 0.136 e. The predicted octanol–water partition coefficient (Wildman–Crippen LogP) is 3.13. The molecule has 0 saturated heterocycles. The molecule has 74 valence electrons. The summed E-state index contributed by atoms with van der Waals surface area (Å²) < 4.78 is 0. The number of carbonyl (C=O) groups excluding carboxylic acids is 1. The van der Waals surface area contributed by atoms with Crippen molar-refractivity contribution >= 4 is 12.0 Å². The summed E-state index contributed by atoms with van der Waals surface area (Å²) in [5.74, 6) is 0.276. The molecule has 2 heteroatoms. The summed E-state index contributed by atoms with van der Waals surface area (Å²) in [6, 6.07) is 0.